The fourth-order valence-electron chi connectivity index (χ4n) is 4.86. The van der Waals surface area contributed by atoms with Crippen LogP contribution in [0.25, 0.3) is 0 Å². The third-order valence-electron chi connectivity index (χ3n) is 7.15. The van der Waals surface area contributed by atoms with Crippen molar-refractivity contribution >= 4 is 43.5 Å². The van der Waals surface area contributed by atoms with Crippen molar-refractivity contribution in [1.29, 1.82) is 0 Å². The molecule has 0 bridgehead atoms. The largest absolute Gasteiger partial charge is 0.497 e. The van der Waals surface area contributed by atoms with Gasteiger partial charge in [0.2, 0.25) is 11.8 Å². The lowest BCUT2D eigenvalue weighted by molar-refractivity contribution is -0.140. The van der Waals surface area contributed by atoms with Crippen molar-refractivity contribution in [3.05, 3.63) is 119 Å². The third-order valence-corrected chi connectivity index (χ3v) is 9.46. The Balaban J connectivity index is 1.84. The van der Waals surface area contributed by atoms with Gasteiger partial charge in [-0.3, -0.25) is 13.9 Å². The molecule has 11 heteroatoms. The third kappa shape index (κ3) is 8.43. The molecule has 0 spiro atoms. The van der Waals surface area contributed by atoms with E-state index < -0.39 is 28.5 Å². The van der Waals surface area contributed by atoms with Crippen LogP contribution in [0.4, 0.5) is 5.69 Å². The summed E-state index contributed by atoms with van der Waals surface area (Å²) in [6, 6.07) is 28.5. The molecule has 0 saturated heterocycles. The molecule has 0 unspecified atom stereocenters. The number of halogens is 1. The summed E-state index contributed by atoms with van der Waals surface area (Å²) in [7, 11) is -1.40. The van der Waals surface area contributed by atoms with Gasteiger partial charge in [-0.1, -0.05) is 76.6 Å². The van der Waals surface area contributed by atoms with Crippen LogP contribution in [0, 0.1) is 0 Å². The van der Waals surface area contributed by atoms with Crippen LogP contribution in [0.1, 0.15) is 18.1 Å². The zero-order chi connectivity index (χ0) is 32.4. The highest BCUT2D eigenvalue weighted by molar-refractivity contribution is 9.10. The minimum absolute atomic E-state index is 0.00769. The van der Waals surface area contributed by atoms with Crippen molar-refractivity contribution < 1.29 is 27.5 Å². The van der Waals surface area contributed by atoms with Gasteiger partial charge in [0.1, 0.15) is 24.1 Å². The van der Waals surface area contributed by atoms with Crippen LogP contribution in [0.5, 0.6) is 11.5 Å². The molecule has 0 aliphatic rings. The fraction of sp³-hybridized carbons (Fsp3) is 0.235. The van der Waals surface area contributed by atoms with Crippen molar-refractivity contribution in [1.82, 2.24) is 10.2 Å². The Labute approximate surface area is 273 Å². The van der Waals surface area contributed by atoms with Gasteiger partial charge < -0.3 is 19.7 Å². The van der Waals surface area contributed by atoms with Gasteiger partial charge in [0.25, 0.3) is 10.0 Å². The van der Waals surface area contributed by atoms with Crippen molar-refractivity contribution in [2.75, 3.05) is 31.6 Å². The molecule has 0 aliphatic carbocycles. The zero-order valence-corrected chi connectivity index (χ0v) is 27.8. The monoisotopic (exact) mass is 693 g/mol. The number of likely N-dealkylation sites (N-methyl/N-ethyl adjacent to an activating group) is 1. The number of anilines is 1. The number of nitrogens with zero attached hydrogens (tertiary/aromatic N) is 2. The van der Waals surface area contributed by atoms with E-state index in [1.807, 2.05) is 61.5 Å². The molecule has 0 radical (unpaired) electrons. The Morgan fingerprint density at radius 3 is 2.09 bits per heavy atom. The van der Waals surface area contributed by atoms with Gasteiger partial charge in [0, 0.05) is 30.0 Å². The number of carbonyl (C=O) groups is 2. The summed E-state index contributed by atoms with van der Waals surface area (Å²) < 4.78 is 41.3. The molecule has 45 heavy (non-hydrogen) atoms. The molecule has 4 aromatic carbocycles. The first-order valence-electron chi connectivity index (χ1n) is 14.3. The maximum atomic E-state index is 14.5. The van der Waals surface area contributed by atoms with E-state index in [0.29, 0.717) is 12.3 Å². The minimum atomic E-state index is -4.29. The first-order valence-corrected chi connectivity index (χ1v) is 16.6. The van der Waals surface area contributed by atoms with E-state index in [2.05, 4.69) is 21.2 Å². The maximum Gasteiger partial charge on any atom is 0.264 e. The Bertz CT molecular complexity index is 1690. The van der Waals surface area contributed by atoms with Gasteiger partial charge in [-0.15, -0.1) is 0 Å². The summed E-state index contributed by atoms with van der Waals surface area (Å²) in [6.07, 6.45) is 0.225. The summed E-state index contributed by atoms with van der Waals surface area (Å²) in [6.45, 7) is 1.62. The summed E-state index contributed by atoms with van der Waals surface area (Å²) in [5.74, 6) is -0.313. The van der Waals surface area contributed by atoms with Crippen molar-refractivity contribution in [3.63, 3.8) is 0 Å². The lowest BCUT2D eigenvalue weighted by Crippen LogP contribution is -2.53. The second kappa shape index (κ2) is 15.6. The van der Waals surface area contributed by atoms with Gasteiger partial charge in [-0.2, -0.15) is 0 Å². The fourth-order valence-corrected chi connectivity index (χ4v) is 6.56. The Morgan fingerprint density at radius 1 is 0.844 bits per heavy atom. The SMILES string of the molecule is CCNC(=O)[C@H](Cc1ccccc1)N(Cc1ccc(Br)cc1)C(=O)CN(c1cc(OC)ccc1OC)S(=O)(=O)c1ccccc1. The van der Waals surface area contributed by atoms with E-state index in [1.54, 1.807) is 30.3 Å². The summed E-state index contributed by atoms with van der Waals surface area (Å²) in [5.41, 5.74) is 1.74. The normalized spacial score (nSPS) is 11.7. The predicted molar refractivity (Wildman–Crippen MR) is 178 cm³/mol. The van der Waals surface area contributed by atoms with Crippen LogP contribution in [0.15, 0.2) is 112 Å². The van der Waals surface area contributed by atoms with E-state index in [1.165, 1.54) is 37.3 Å². The standard InChI is InChI=1S/C34H36BrN3O6S/c1-4-36-34(40)31(21-25-11-7-5-8-12-25)37(23-26-15-17-27(35)18-16-26)33(39)24-38(45(41,42)29-13-9-6-10-14-29)30-22-28(43-2)19-20-32(30)44-3/h5-20,22,31H,4,21,23-24H2,1-3H3,(H,36,40)/t31-/m0/s1. The molecule has 0 aromatic heterocycles. The molecular weight excluding hydrogens is 658 g/mol. The Kier molecular flexibility index (Phi) is 11.6. The van der Waals surface area contributed by atoms with Crippen LogP contribution >= 0.6 is 15.9 Å². The lowest BCUT2D eigenvalue weighted by atomic mass is 10.0. The molecule has 4 rings (SSSR count). The van der Waals surface area contributed by atoms with Crippen LogP contribution in [0.3, 0.4) is 0 Å². The number of rotatable bonds is 14. The molecule has 1 N–H and O–H groups in total. The van der Waals surface area contributed by atoms with Gasteiger partial charge in [0.05, 0.1) is 24.8 Å². The molecule has 0 aliphatic heterocycles. The number of ether oxygens (including phenoxy) is 2. The van der Waals surface area contributed by atoms with E-state index in [9.17, 15) is 18.0 Å². The van der Waals surface area contributed by atoms with Crippen LogP contribution in [0.2, 0.25) is 0 Å². The first-order chi connectivity index (χ1) is 21.7. The smallest absolute Gasteiger partial charge is 0.264 e. The molecule has 2 amide bonds. The zero-order valence-electron chi connectivity index (χ0n) is 25.4. The highest BCUT2D eigenvalue weighted by Gasteiger charge is 2.35. The van der Waals surface area contributed by atoms with E-state index >= 15 is 0 Å². The van der Waals surface area contributed by atoms with Gasteiger partial charge >= 0.3 is 0 Å². The quantitative estimate of drug-likeness (QED) is 0.189. The summed E-state index contributed by atoms with van der Waals surface area (Å²) >= 11 is 3.45. The van der Waals surface area contributed by atoms with Gasteiger partial charge in [-0.25, -0.2) is 8.42 Å². The molecule has 0 fully saturated rings. The van der Waals surface area contributed by atoms with Crippen LogP contribution < -0.4 is 19.1 Å². The van der Waals surface area contributed by atoms with Gasteiger partial charge in [-0.05, 0) is 54.4 Å². The maximum absolute atomic E-state index is 14.5. The number of hydrogen-bond acceptors (Lipinski definition) is 6. The Morgan fingerprint density at radius 2 is 1.49 bits per heavy atom. The topological polar surface area (TPSA) is 105 Å². The number of methoxy groups -OCH3 is 2. The van der Waals surface area contributed by atoms with Crippen molar-refractivity contribution in [2.45, 2.75) is 30.8 Å². The average Bonchev–Trinajstić information content (AvgIpc) is 3.06. The van der Waals surface area contributed by atoms with Crippen molar-refractivity contribution in [2.24, 2.45) is 0 Å². The number of nitrogens with one attached hydrogen (secondary N) is 1. The molecule has 9 nitrogen and oxygen atoms in total. The highest BCUT2D eigenvalue weighted by atomic mass is 79.9. The lowest BCUT2D eigenvalue weighted by Gasteiger charge is -2.34. The molecule has 1 atom stereocenters. The number of carbonyl (C=O) groups excluding carboxylic acids is 2. The highest BCUT2D eigenvalue weighted by Crippen LogP contribution is 2.36. The molecular formula is C34H36BrN3O6S. The minimum Gasteiger partial charge on any atom is -0.497 e. The van der Waals surface area contributed by atoms with E-state index in [-0.39, 0.29) is 35.2 Å². The predicted octanol–water partition coefficient (Wildman–Crippen LogP) is 5.44. The number of amides is 2. The van der Waals surface area contributed by atoms with E-state index in [4.69, 9.17) is 9.47 Å². The molecule has 0 heterocycles. The van der Waals surface area contributed by atoms with E-state index in [0.717, 1.165) is 19.9 Å². The second-order valence-electron chi connectivity index (χ2n) is 10.1. The first kappa shape index (κ1) is 33.5. The molecule has 236 valence electrons. The van der Waals surface area contributed by atoms with Crippen molar-refractivity contribution in [3.8, 4) is 11.5 Å². The van der Waals surface area contributed by atoms with Gasteiger partial charge in [0.15, 0.2) is 0 Å². The number of hydrogen-bond donors (Lipinski definition) is 1. The van der Waals surface area contributed by atoms with Crippen LogP contribution in [-0.2, 0) is 32.6 Å². The number of benzene rings is 4. The summed E-state index contributed by atoms with van der Waals surface area (Å²) in [5, 5.41) is 2.86. The number of sulfonamides is 1. The average molecular weight is 695 g/mol. The molecule has 4 aromatic rings. The van der Waals surface area contributed by atoms with Crippen LogP contribution in [-0.4, -0.2) is 58.5 Å². The molecule has 0 saturated carbocycles. The summed E-state index contributed by atoms with van der Waals surface area (Å²) in [4.78, 5) is 29.6. The second-order valence-corrected chi connectivity index (χ2v) is 12.9. The Hall–Kier alpha value is -4.35.